The fourth-order valence-corrected chi connectivity index (χ4v) is 1.52. The molecule has 2 heterocycles. The number of ether oxygens (including phenoxy) is 1. The molecule has 1 saturated heterocycles. The minimum absolute atomic E-state index is 0.0144. The molecule has 1 fully saturated rings. The first-order chi connectivity index (χ1) is 7.36. The van der Waals surface area contributed by atoms with Crippen LogP contribution in [0, 0.1) is 0 Å². The van der Waals surface area contributed by atoms with Gasteiger partial charge in [0, 0.05) is 32.0 Å². The Balaban J connectivity index is 1.76. The van der Waals surface area contributed by atoms with Gasteiger partial charge in [0.05, 0.1) is 13.2 Å². The molecule has 0 radical (unpaired) electrons. The number of rotatable bonds is 2. The summed E-state index contributed by atoms with van der Waals surface area (Å²) < 4.78 is 5.17. The number of nitrogens with zero attached hydrogens (tertiary/aromatic N) is 1. The van der Waals surface area contributed by atoms with Crippen molar-refractivity contribution in [2.45, 2.75) is 6.54 Å². The van der Waals surface area contributed by atoms with Gasteiger partial charge in [-0.1, -0.05) is 0 Å². The average molecular weight is 209 g/mol. The Bertz CT molecular complexity index is 304. The molecule has 0 bridgehead atoms. The summed E-state index contributed by atoms with van der Waals surface area (Å²) in [5.41, 5.74) is 1.08. The number of carbonyl (C=O) groups excluding carboxylic acids is 1. The van der Waals surface area contributed by atoms with Crippen LogP contribution in [-0.4, -0.2) is 42.2 Å². The minimum atomic E-state index is -0.0144. The topological polar surface area (TPSA) is 57.4 Å². The van der Waals surface area contributed by atoms with Crippen molar-refractivity contribution in [2.24, 2.45) is 0 Å². The molecule has 82 valence electrons. The maximum Gasteiger partial charge on any atom is 0.317 e. The molecule has 1 aromatic heterocycles. The molecule has 0 unspecified atom stereocenters. The van der Waals surface area contributed by atoms with E-state index in [1.165, 1.54) is 0 Å². The van der Waals surface area contributed by atoms with Crippen LogP contribution in [0.2, 0.25) is 0 Å². The zero-order valence-electron chi connectivity index (χ0n) is 8.53. The smallest absolute Gasteiger partial charge is 0.317 e. The van der Waals surface area contributed by atoms with Crippen molar-refractivity contribution in [3.8, 4) is 0 Å². The molecule has 2 N–H and O–H groups in total. The van der Waals surface area contributed by atoms with Gasteiger partial charge in [0.25, 0.3) is 0 Å². The van der Waals surface area contributed by atoms with Crippen LogP contribution in [0.5, 0.6) is 0 Å². The lowest BCUT2D eigenvalue weighted by molar-refractivity contribution is 0.0531. The Morgan fingerprint density at radius 2 is 2.33 bits per heavy atom. The molecule has 0 aromatic carbocycles. The predicted octanol–water partition coefficient (Wildman–Crippen LogP) is 0.556. The number of aromatic amines is 1. The summed E-state index contributed by atoms with van der Waals surface area (Å²) in [5, 5.41) is 2.87. The molecule has 0 aliphatic carbocycles. The standard InChI is InChI=1S/C10H15N3O2/c14-10(13-3-5-15-6-4-13)12-8-9-1-2-11-7-9/h1-2,7,11H,3-6,8H2,(H,12,14). The van der Waals surface area contributed by atoms with Crippen molar-refractivity contribution in [3.05, 3.63) is 24.0 Å². The van der Waals surface area contributed by atoms with Gasteiger partial charge >= 0.3 is 6.03 Å². The molecule has 1 aliphatic heterocycles. The zero-order valence-corrected chi connectivity index (χ0v) is 8.53. The Morgan fingerprint density at radius 1 is 1.53 bits per heavy atom. The fourth-order valence-electron chi connectivity index (χ4n) is 1.52. The third-order valence-electron chi connectivity index (χ3n) is 2.40. The molecular formula is C10H15N3O2. The average Bonchev–Trinajstić information content (AvgIpc) is 2.80. The Morgan fingerprint density at radius 3 is 3.00 bits per heavy atom. The van der Waals surface area contributed by atoms with Crippen LogP contribution in [0.4, 0.5) is 4.79 Å². The number of hydrogen-bond donors (Lipinski definition) is 2. The highest BCUT2D eigenvalue weighted by molar-refractivity contribution is 5.74. The maximum absolute atomic E-state index is 11.6. The summed E-state index contributed by atoms with van der Waals surface area (Å²) in [5.74, 6) is 0. The SMILES string of the molecule is O=C(NCc1cc[nH]c1)N1CCOCC1. The van der Waals surface area contributed by atoms with Crippen LogP contribution < -0.4 is 5.32 Å². The quantitative estimate of drug-likeness (QED) is 0.747. The fraction of sp³-hybridized carbons (Fsp3) is 0.500. The van der Waals surface area contributed by atoms with Gasteiger partial charge in [0.2, 0.25) is 0 Å². The van der Waals surface area contributed by atoms with Crippen LogP contribution in [0.1, 0.15) is 5.56 Å². The van der Waals surface area contributed by atoms with E-state index < -0.39 is 0 Å². The van der Waals surface area contributed by atoms with Gasteiger partial charge in [-0.2, -0.15) is 0 Å². The summed E-state index contributed by atoms with van der Waals surface area (Å²) in [7, 11) is 0. The highest BCUT2D eigenvalue weighted by Gasteiger charge is 2.15. The van der Waals surface area contributed by atoms with Gasteiger partial charge < -0.3 is 19.9 Å². The van der Waals surface area contributed by atoms with Gasteiger partial charge in [0.15, 0.2) is 0 Å². The molecule has 0 atom stereocenters. The third-order valence-corrected chi connectivity index (χ3v) is 2.40. The number of nitrogens with one attached hydrogen (secondary N) is 2. The van der Waals surface area contributed by atoms with Crippen molar-refractivity contribution >= 4 is 6.03 Å². The van der Waals surface area contributed by atoms with Crippen LogP contribution in [0.3, 0.4) is 0 Å². The summed E-state index contributed by atoms with van der Waals surface area (Å²) in [6.45, 7) is 3.20. The lowest BCUT2D eigenvalue weighted by Crippen LogP contribution is -2.45. The molecular weight excluding hydrogens is 194 g/mol. The number of aromatic nitrogens is 1. The Hall–Kier alpha value is -1.49. The molecule has 2 amide bonds. The summed E-state index contributed by atoms with van der Waals surface area (Å²) in [6.07, 6.45) is 3.72. The number of H-pyrrole nitrogens is 1. The van der Waals surface area contributed by atoms with E-state index in [0.29, 0.717) is 32.8 Å². The second-order valence-corrected chi connectivity index (χ2v) is 3.48. The first-order valence-corrected chi connectivity index (χ1v) is 5.08. The Kier molecular flexibility index (Phi) is 3.24. The van der Waals surface area contributed by atoms with Gasteiger partial charge in [0.1, 0.15) is 0 Å². The second-order valence-electron chi connectivity index (χ2n) is 3.48. The van der Waals surface area contributed by atoms with Crippen LogP contribution in [0.25, 0.3) is 0 Å². The molecule has 2 rings (SSSR count). The molecule has 5 nitrogen and oxygen atoms in total. The molecule has 1 aromatic rings. The van der Waals surface area contributed by atoms with E-state index in [2.05, 4.69) is 10.3 Å². The lowest BCUT2D eigenvalue weighted by atomic mass is 10.3. The van der Waals surface area contributed by atoms with Gasteiger partial charge in [-0.05, 0) is 11.6 Å². The highest BCUT2D eigenvalue weighted by Crippen LogP contribution is 1.99. The van der Waals surface area contributed by atoms with E-state index in [1.807, 2.05) is 18.5 Å². The predicted molar refractivity (Wildman–Crippen MR) is 55.4 cm³/mol. The first kappa shape index (κ1) is 10.0. The van der Waals surface area contributed by atoms with Crippen LogP contribution >= 0.6 is 0 Å². The monoisotopic (exact) mass is 209 g/mol. The van der Waals surface area contributed by atoms with Crippen molar-refractivity contribution in [3.63, 3.8) is 0 Å². The van der Waals surface area contributed by atoms with E-state index >= 15 is 0 Å². The van der Waals surface area contributed by atoms with E-state index in [1.54, 1.807) is 4.90 Å². The maximum atomic E-state index is 11.6. The van der Waals surface area contributed by atoms with Crippen molar-refractivity contribution in [2.75, 3.05) is 26.3 Å². The van der Waals surface area contributed by atoms with Gasteiger partial charge in [-0.15, -0.1) is 0 Å². The number of amides is 2. The summed E-state index contributed by atoms with van der Waals surface area (Å²) in [6, 6.07) is 1.93. The number of urea groups is 1. The number of carbonyl (C=O) groups is 1. The molecule has 5 heteroatoms. The van der Waals surface area contributed by atoms with Crippen LogP contribution in [0.15, 0.2) is 18.5 Å². The van der Waals surface area contributed by atoms with E-state index in [0.717, 1.165) is 5.56 Å². The third kappa shape index (κ3) is 2.73. The largest absolute Gasteiger partial charge is 0.378 e. The Labute approximate surface area is 88.4 Å². The molecule has 1 aliphatic rings. The number of hydrogen-bond acceptors (Lipinski definition) is 2. The van der Waals surface area contributed by atoms with E-state index in [-0.39, 0.29) is 6.03 Å². The highest BCUT2D eigenvalue weighted by atomic mass is 16.5. The van der Waals surface area contributed by atoms with Crippen LogP contribution in [-0.2, 0) is 11.3 Å². The zero-order chi connectivity index (χ0) is 10.5. The molecule has 0 spiro atoms. The molecule has 15 heavy (non-hydrogen) atoms. The lowest BCUT2D eigenvalue weighted by Gasteiger charge is -2.26. The van der Waals surface area contributed by atoms with E-state index in [9.17, 15) is 4.79 Å². The van der Waals surface area contributed by atoms with Crippen molar-refractivity contribution in [1.29, 1.82) is 0 Å². The van der Waals surface area contributed by atoms with Gasteiger partial charge in [-0.25, -0.2) is 4.79 Å². The minimum Gasteiger partial charge on any atom is -0.378 e. The normalized spacial score (nSPS) is 16.4. The second kappa shape index (κ2) is 4.84. The van der Waals surface area contributed by atoms with Gasteiger partial charge in [-0.3, -0.25) is 0 Å². The first-order valence-electron chi connectivity index (χ1n) is 5.08. The van der Waals surface area contributed by atoms with E-state index in [4.69, 9.17) is 4.74 Å². The number of morpholine rings is 1. The van der Waals surface area contributed by atoms with Crippen molar-refractivity contribution < 1.29 is 9.53 Å². The molecule has 0 saturated carbocycles. The summed E-state index contributed by atoms with van der Waals surface area (Å²) in [4.78, 5) is 16.4. The summed E-state index contributed by atoms with van der Waals surface area (Å²) >= 11 is 0. The van der Waals surface area contributed by atoms with Crippen molar-refractivity contribution in [1.82, 2.24) is 15.2 Å².